The lowest BCUT2D eigenvalue weighted by atomic mass is 10.1. The summed E-state index contributed by atoms with van der Waals surface area (Å²) in [6, 6.07) is 0.461. The van der Waals surface area contributed by atoms with Crippen molar-refractivity contribution in [3.8, 4) is 0 Å². The Labute approximate surface area is 99.3 Å². The lowest BCUT2D eigenvalue weighted by molar-refractivity contribution is 0.0252. The lowest BCUT2D eigenvalue weighted by Gasteiger charge is -2.34. The summed E-state index contributed by atoms with van der Waals surface area (Å²) >= 11 is 0. The van der Waals surface area contributed by atoms with Crippen LogP contribution in [0.5, 0.6) is 0 Å². The van der Waals surface area contributed by atoms with E-state index in [0.717, 1.165) is 19.1 Å². The van der Waals surface area contributed by atoms with Gasteiger partial charge in [0.2, 0.25) is 0 Å². The molecule has 0 aromatic rings. The summed E-state index contributed by atoms with van der Waals surface area (Å²) in [7, 11) is 0. The maximum atomic E-state index is 5.96. The van der Waals surface area contributed by atoms with Gasteiger partial charge in [0.25, 0.3) is 0 Å². The molecule has 0 bridgehead atoms. The third-order valence-electron chi connectivity index (χ3n) is 3.81. The molecular weight excluding hydrogens is 200 g/mol. The zero-order valence-electron chi connectivity index (χ0n) is 10.5. The standard InChI is InChI=1S/C13H26N2O/c1-2-7-15(10-11-5-6-11)12(9-14)13-4-3-8-16-13/h11-13H,2-10,14H2,1H3. The molecule has 0 aromatic heterocycles. The van der Waals surface area contributed by atoms with Crippen molar-refractivity contribution >= 4 is 0 Å². The number of nitrogens with two attached hydrogens (primary N) is 1. The molecule has 0 radical (unpaired) electrons. The Bertz CT molecular complexity index is 200. The van der Waals surface area contributed by atoms with Crippen molar-refractivity contribution in [2.75, 3.05) is 26.2 Å². The van der Waals surface area contributed by atoms with Crippen LogP contribution in [0.2, 0.25) is 0 Å². The van der Waals surface area contributed by atoms with Gasteiger partial charge in [0, 0.05) is 25.7 Å². The maximum Gasteiger partial charge on any atom is 0.0743 e. The van der Waals surface area contributed by atoms with Crippen molar-refractivity contribution in [3.05, 3.63) is 0 Å². The van der Waals surface area contributed by atoms with Gasteiger partial charge in [0.05, 0.1) is 6.10 Å². The highest BCUT2D eigenvalue weighted by Crippen LogP contribution is 2.31. The van der Waals surface area contributed by atoms with Crippen molar-refractivity contribution in [2.24, 2.45) is 11.7 Å². The number of hydrogen-bond donors (Lipinski definition) is 1. The van der Waals surface area contributed by atoms with E-state index in [1.807, 2.05) is 0 Å². The molecule has 1 saturated heterocycles. The molecule has 2 atom stereocenters. The number of ether oxygens (including phenoxy) is 1. The molecule has 2 rings (SSSR count). The molecule has 1 heterocycles. The predicted molar refractivity (Wildman–Crippen MR) is 66.4 cm³/mol. The molecule has 2 N–H and O–H groups in total. The van der Waals surface area contributed by atoms with Crippen LogP contribution in [0.25, 0.3) is 0 Å². The van der Waals surface area contributed by atoms with Gasteiger partial charge in [-0.05, 0) is 44.6 Å². The highest BCUT2D eigenvalue weighted by molar-refractivity contribution is 4.87. The van der Waals surface area contributed by atoms with Gasteiger partial charge in [-0.25, -0.2) is 0 Å². The van der Waals surface area contributed by atoms with E-state index >= 15 is 0 Å². The highest BCUT2D eigenvalue weighted by atomic mass is 16.5. The first-order chi connectivity index (χ1) is 7.85. The van der Waals surface area contributed by atoms with Gasteiger partial charge >= 0.3 is 0 Å². The van der Waals surface area contributed by atoms with Crippen LogP contribution in [-0.2, 0) is 4.74 Å². The number of nitrogens with zero attached hydrogens (tertiary/aromatic N) is 1. The Hall–Kier alpha value is -0.120. The zero-order chi connectivity index (χ0) is 11.4. The Morgan fingerprint density at radius 1 is 1.38 bits per heavy atom. The molecular formula is C13H26N2O. The minimum atomic E-state index is 0.398. The van der Waals surface area contributed by atoms with Crippen molar-refractivity contribution in [2.45, 2.75) is 51.2 Å². The van der Waals surface area contributed by atoms with E-state index in [1.54, 1.807) is 0 Å². The summed E-state index contributed by atoms with van der Waals surface area (Å²) in [6.45, 7) is 6.36. The molecule has 94 valence electrons. The second kappa shape index (κ2) is 5.99. The van der Waals surface area contributed by atoms with Gasteiger partial charge in [0.1, 0.15) is 0 Å². The van der Waals surface area contributed by atoms with Crippen molar-refractivity contribution in [1.29, 1.82) is 0 Å². The van der Waals surface area contributed by atoms with Crippen LogP contribution in [0.1, 0.15) is 39.0 Å². The largest absolute Gasteiger partial charge is 0.377 e. The molecule has 0 spiro atoms. The smallest absolute Gasteiger partial charge is 0.0743 e. The molecule has 3 heteroatoms. The summed E-state index contributed by atoms with van der Waals surface area (Å²) in [5.41, 5.74) is 5.96. The number of hydrogen-bond acceptors (Lipinski definition) is 3. The third kappa shape index (κ3) is 3.19. The van der Waals surface area contributed by atoms with E-state index in [1.165, 1.54) is 45.2 Å². The van der Waals surface area contributed by atoms with E-state index in [-0.39, 0.29) is 0 Å². The van der Waals surface area contributed by atoms with Gasteiger partial charge in [-0.2, -0.15) is 0 Å². The van der Waals surface area contributed by atoms with E-state index in [9.17, 15) is 0 Å². The van der Waals surface area contributed by atoms with Crippen LogP contribution in [0.15, 0.2) is 0 Å². The van der Waals surface area contributed by atoms with Crippen LogP contribution in [0.3, 0.4) is 0 Å². The lowest BCUT2D eigenvalue weighted by Crippen LogP contribution is -2.49. The predicted octanol–water partition coefficient (Wildman–Crippen LogP) is 1.61. The molecule has 2 unspecified atom stereocenters. The van der Waals surface area contributed by atoms with Crippen molar-refractivity contribution in [3.63, 3.8) is 0 Å². The van der Waals surface area contributed by atoms with Crippen LogP contribution < -0.4 is 5.73 Å². The molecule has 16 heavy (non-hydrogen) atoms. The zero-order valence-corrected chi connectivity index (χ0v) is 10.5. The topological polar surface area (TPSA) is 38.5 Å². The maximum absolute atomic E-state index is 5.96. The van der Waals surface area contributed by atoms with Gasteiger partial charge < -0.3 is 10.5 Å². The van der Waals surface area contributed by atoms with Crippen molar-refractivity contribution < 1.29 is 4.74 Å². The first-order valence-corrected chi connectivity index (χ1v) is 6.90. The van der Waals surface area contributed by atoms with Crippen LogP contribution in [0, 0.1) is 5.92 Å². The van der Waals surface area contributed by atoms with E-state index in [2.05, 4.69) is 11.8 Å². The molecule has 2 fully saturated rings. The fourth-order valence-electron chi connectivity index (χ4n) is 2.75. The van der Waals surface area contributed by atoms with Gasteiger partial charge in [0.15, 0.2) is 0 Å². The molecule has 3 nitrogen and oxygen atoms in total. The second-order valence-electron chi connectivity index (χ2n) is 5.29. The Kier molecular flexibility index (Phi) is 4.62. The summed E-state index contributed by atoms with van der Waals surface area (Å²) in [5, 5.41) is 0. The van der Waals surface area contributed by atoms with Gasteiger partial charge in [-0.1, -0.05) is 6.92 Å². The Morgan fingerprint density at radius 2 is 2.19 bits per heavy atom. The second-order valence-corrected chi connectivity index (χ2v) is 5.29. The minimum Gasteiger partial charge on any atom is -0.377 e. The molecule has 0 amide bonds. The summed E-state index contributed by atoms with van der Waals surface area (Å²) in [5.74, 6) is 0.946. The third-order valence-corrected chi connectivity index (χ3v) is 3.81. The fourth-order valence-corrected chi connectivity index (χ4v) is 2.75. The molecule has 1 saturated carbocycles. The Morgan fingerprint density at radius 3 is 2.69 bits per heavy atom. The average molecular weight is 226 g/mol. The van der Waals surface area contributed by atoms with Gasteiger partial charge in [-0.3, -0.25) is 4.90 Å². The fraction of sp³-hybridized carbons (Fsp3) is 1.00. The first kappa shape index (κ1) is 12.3. The average Bonchev–Trinajstić information content (AvgIpc) is 2.94. The SMILES string of the molecule is CCCN(CC1CC1)C(CN)C1CCCO1. The summed E-state index contributed by atoms with van der Waals surface area (Å²) < 4.78 is 5.81. The quantitative estimate of drug-likeness (QED) is 0.717. The van der Waals surface area contributed by atoms with E-state index in [0.29, 0.717) is 12.1 Å². The van der Waals surface area contributed by atoms with Crippen molar-refractivity contribution in [1.82, 2.24) is 4.90 Å². The highest BCUT2D eigenvalue weighted by Gasteiger charge is 2.33. The van der Waals surface area contributed by atoms with Crippen LogP contribution >= 0.6 is 0 Å². The van der Waals surface area contributed by atoms with Gasteiger partial charge in [-0.15, -0.1) is 0 Å². The minimum absolute atomic E-state index is 0.398. The normalized spacial score (nSPS) is 27.6. The molecule has 1 aliphatic heterocycles. The molecule has 2 aliphatic rings. The molecule has 1 aliphatic carbocycles. The summed E-state index contributed by atoms with van der Waals surface area (Å²) in [4.78, 5) is 2.59. The number of rotatable bonds is 7. The summed E-state index contributed by atoms with van der Waals surface area (Å²) in [6.07, 6.45) is 6.87. The van der Waals surface area contributed by atoms with Crippen LogP contribution in [0.4, 0.5) is 0 Å². The van der Waals surface area contributed by atoms with Crippen LogP contribution in [-0.4, -0.2) is 43.3 Å². The van der Waals surface area contributed by atoms with E-state index in [4.69, 9.17) is 10.5 Å². The molecule has 0 aromatic carbocycles. The Balaban J connectivity index is 1.90. The van der Waals surface area contributed by atoms with E-state index < -0.39 is 0 Å². The monoisotopic (exact) mass is 226 g/mol. The first-order valence-electron chi connectivity index (χ1n) is 6.90.